The van der Waals surface area contributed by atoms with E-state index >= 15 is 0 Å². The zero-order valence-electron chi connectivity index (χ0n) is 24.8. The van der Waals surface area contributed by atoms with E-state index in [1.165, 1.54) is 0 Å². The van der Waals surface area contributed by atoms with Crippen LogP contribution in [0.3, 0.4) is 0 Å². The average Bonchev–Trinajstić information content (AvgIpc) is 3.57. The number of hydrogen-bond acceptors (Lipinski definition) is 7. The molecule has 10 heteroatoms. The zero-order chi connectivity index (χ0) is 29.1. The maximum atomic E-state index is 13.3. The number of aromatic nitrogens is 1. The van der Waals surface area contributed by atoms with Crippen LogP contribution in [0.2, 0.25) is 0 Å². The third-order valence-corrected chi connectivity index (χ3v) is 10.4. The van der Waals surface area contributed by atoms with Crippen LogP contribution in [-0.2, 0) is 19.2 Å². The molecule has 228 valence electrons. The van der Waals surface area contributed by atoms with Crippen LogP contribution in [0, 0.1) is 17.8 Å². The zero-order valence-corrected chi connectivity index (χ0v) is 24.8. The lowest BCUT2D eigenvalue weighted by atomic mass is 9.80. The van der Waals surface area contributed by atoms with Gasteiger partial charge >= 0.3 is 0 Å². The van der Waals surface area contributed by atoms with Crippen LogP contribution < -0.4 is 10.2 Å². The van der Waals surface area contributed by atoms with Crippen molar-refractivity contribution in [3.8, 4) is 0 Å². The highest BCUT2D eigenvalue weighted by molar-refractivity contribution is 6.00. The molecule has 4 saturated heterocycles. The van der Waals surface area contributed by atoms with Gasteiger partial charge in [0.25, 0.3) is 0 Å². The summed E-state index contributed by atoms with van der Waals surface area (Å²) in [5.74, 6) is 1.75. The summed E-state index contributed by atoms with van der Waals surface area (Å²) in [4.78, 5) is 63.3. The number of amides is 4. The van der Waals surface area contributed by atoms with Crippen molar-refractivity contribution >= 4 is 29.4 Å². The van der Waals surface area contributed by atoms with Gasteiger partial charge < -0.3 is 14.7 Å². The first-order chi connectivity index (χ1) is 20.4. The van der Waals surface area contributed by atoms with Crippen molar-refractivity contribution in [2.75, 3.05) is 63.8 Å². The van der Waals surface area contributed by atoms with Gasteiger partial charge in [-0.3, -0.25) is 29.4 Å². The number of anilines is 1. The molecule has 1 saturated carbocycles. The highest BCUT2D eigenvalue weighted by Gasteiger charge is 2.35. The molecule has 10 nitrogen and oxygen atoms in total. The van der Waals surface area contributed by atoms with Gasteiger partial charge in [-0.25, -0.2) is 4.98 Å². The fourth-order valence-electron chi connectivity index (χ4n) is 7.70. The Balaban J connectivity index is 0.894. The lowest BCUT2D eigenvalue weighted by Crippen LogP contribution is -2.52. The fourth-order valence-corrected chi connectivity index (χ4v) is 7.70. The second-order valence-corrected chi connectivity index (χ2v) is 13.1. The first-order valence-electron chi connectivity index (χ1n) is 16.3. The third-order valence-electron chi connectivity index (χ3n) is 10.4. The number of likely N-dealkylation sites (tertiary alicyclic amines) is 1. The summed E-state index contributed by atoms with van der Waals surface area (Å²) in [5.41, 5.74) is 0.872. The van der Waals surface area contributed by atoms with Crippen LogP contribution in [0.15, 0.2) is 18.3 Å². The maximum absolute atomic E-state index is 13.3. The topological polar surface area (TPSA) is 106 Å². The number of nitrogens with one attached hydrogen (secondary N) is 1. The molecule has 1 aromatic rings. The second-order valence-electron chi connectivity index (χ2n) is 13.1. The highest BCUT2D eigenvalue weighted by Crippen LogP contribution is 2.33. The Bertz CT molecular complexity index is 1130. The molecule has 1 aromatic heterocycles. The monoisotopic (exact) mass is 578 g/mol. The molecule has 42 heavy (non-hydrogen) atoms. The predicted octanol–water partition coefficient (Wildman–Crippen LogP) is 2.39. The molecule has 0 aromatic carbocycles. The Morgan fingerprint density at radius 3 is 1.95 bits per heavy atom. The van der Waals surface area contributed by atoms with Gasteiger partial charge in [-0.1, -0.05) is 6.07 Å². The minimum Gasteiger partial charge on any atom is -0.357 e. The van der Waals surface area contributed by atoms with E-state index in [9.17, 15) is 19.2 Å². The van der Waals surface area contributed by atoms with Crippen LogP contribution >= 0.6 is 0 Å². The first kappa shape index (κ1) is 29.1. The number of piperidine rings is 2. The molecule has 1 N–H and O–H groups in total. The number of nitrogens with zero attached hydrogens (tertiary/aromatic N) is 5. The summed E-state index contributed by atoms with van der Waals surface area (Å²) in [6, 6.07) is 3.99. The lowest BCUT2D eigenvalue weighted by molar-refractivity contribution is -0.142. The minimum atomic E-state index is -0.295. The fraction of sp³-hybridized carbons (Fsp3) is 0.719. The van der Waals surface area contributed by atoms with Crippen molar-refractivity contribution in [2.24, 2.45) is 17.8 Å². The summed E-state index contributed by atoms with van der Waals surface area (Å²) in [5, 5.41) is 2.43. The summed E-state index contributed by atoms with van der Waals surface area (Å²) in [6.07, 6.45) is 10.7. The molecule has 0 radical (unpaired) electrons. The second kappa shape index (κ2) is 13.1. The number of pyridine rings is 1. The van der Waals surface area contributed by atoms with Crippen LogP contribution in [0.1, 0.15) is 75.7 Å². The van der Waals surface area contributed by atoms with Crippen molar-refractivity contribution in [1.82, 2.24) is 25.0 Å². The minimum absolute atomic E-state index is 0.0928. The SMILES string of the molecule is O=C1CCC(c2ccc(N3CCC(CN4CCN(C(=O)C5CCC(C(=O)N6CCCC6)CC5)CC4)CC3)nc2)C(=O)N1. The predicted molar refractivity (Wildman–Crippen MR) is 159 cm³/mol. The Labute approximate surface area is 249 Å². The maximum Gasteiger partial charge on any atom is 0.234 e. The standard InChI is InChI=1S/C32H46N6O4/c39-29-10-8-27(30(40)34-29)26-7-9-28(33-21-26)36-15-11-23(12-16-36)22-35-17-19-38(20-18-35)32(42)25-5-3-24(4-6-25)31(41)37-13-1-2-14-37/h7,9,21,23-25,27H,1-6,8,10-20,22H2,(H,34,39,40). The van der Waals surface area contributed by atoms with Crippen molar-refractivity contribution < 1.29 is 19.2 Å². The number of hydrogen-bond donors (Lipinski definition) is 1. The number of carbonyl (C=O) groups excluding carboxylic acids is 4. The van der Waals surface area contributed by atoms with Gasteiger partial charge in [-0.15, -0.1) is 0 Å². The number of imide groups is 1. The molecule has 0 spiro atoms. The Hall–Kier alpha value is -3.01. The molecule has 5 fully saturated rings. The number of piperazine rings is 1. The Morgan fingerprint density at radius 2 is 1.38 bits per heavy atom. The smallest absolute Gasteiger partial charge is 0.234 e. The normalized spacial score (nSPS) is 28.2. The molecular formula is C32H46N6O4. The van der Waals surface area contributed by atoms with E-state index < -0.39 is 0 Å². The summed E-state index contributed by atoms with van der Waals surface area (Å²) in [7, 11) is 0. The van der Waals surface area contributed by atoms with E-state index in [-0.39, 0.29) is 29.6 Å². The molecule has 1 unspecified atom stereocenters. The van der Waals surface area contributed by atoms with Gasteiger partial charge in [0.1, 0.15) is 5.82 Å². The largest absolute Gasteiger partial charge is 0.357 e. The van der Waals surface area contributed by atoms with E-state index in [0.29, 0.717) is 30.6 Å². The van der Waals surface area contributed by atoms with E-state index in [2.05, 4.69) is 25.0 Å². The lowest BCUT2D eigenvalue weighted by Gasteiger charge is -2.40. The molecule has 5 heterocycles. The van der Waals surface area contributed by atoms with Crippen molar-refractivity contribution in [1.29, 1.82) is 0 Å². The van der Waals surface area contributed by atoms with Crippen molar-refractivity contribution in [3.05, 3.63) is 23.9 Å². The van der Waals surface area contributed by atoms with Gasteiger partial charge in [0, 0.05) is 83.4 Å². The third kappa shape index (κ3) is 6.63. The van der Waals surface area contributed by atoms with Crippen molar-refractivity contribution in [2.45, 2.75) is 70.1 Å². The van der Waals surface area contributed by atoms with Crippen LogP contribution in [0.4, 0.5) is 5.82 Å². The van der Waals surface area contributed by atoms with E-state index in [1.54, 1.807) is 6.20 Å². The Kier molecular flexibility index (Phi) is 9.07. The molecular weight excluding hydrogens is 532 g/mol. The van der Waals surface area contributed by atoms with Gasteiger partial charge in [0.15, 0.2) is 0 Å². The van der Waals surface area contributed by atoms with Gasteiger partial charge in [0.05, 0.1) is 5.92 Å². The summed E-state index contributed by atoms with van der Waals surface area (Å²) >= 11 is 0. The molecule has 6 rings (SSSR count). The molecule has 4 amide bonds. The van der Waals surface area contributed by atoms with E-state index in [1.807, 2.05) is 17.0 Å². The van der Waals surface area contributed by atoms with Crippen LogP contribution in [0.5, 0.6) is 0 Å². The van der Waals surface area contributed by atoms with E-state index in [4.69, 9.17) is 0 Å². The molecule has 1 aliphatic carbocycles. The number of carbonyl (C=O) groups is 4. The highest BCUT2D eigenvalue weighted by atomic mass is 16.2. The van der Waals surface area contributed by atoms with Crippen LogP contribution in [-0.4, -0.2) is 102 Å². The van der Waals surface area contributed by atoms with Gasteiger partial charge in [-0.2, -0.15) is 0 Å². The summed E-state index contributed by atoms with van der Waals surface area (Å²) < 4.78 is 0. The molecule has 5 aliphatic rings. The molecule has 4 aliphatic heterocycles. The number of rotatable bonds is 6. The summed E-state index contributed by atoms with van der Waals surface area (Å²) in [6.45, 7) is 8.37. The van der Waals surface area contributed by atoms with Crippen molar-refractivity contribution in [3.63, 3.8) is 0 Å². The molecule has 0 bridgehead atoms. The first-order valence-corrected chi connectivity index (χ1v) is 16.3. The van der Waals surface area contributed by atoms with Gasteiger partial charge in [-0.05, 0) is 75.3 Å². The average molecular weight is 579 g/mol. The quantitative estimate of drug-likeness (QED) is 0.517. The van der Waals surface area contributed by atoms with E-state index in [0.717, 1.165) is 122 Å². The van der Waals surface area contributed by atoms with Gasteiger partial charge in [0.2, 0.25) is 23.6 Å². The molecule has 1 atom stereocenters. The Morgan fingerprint density at radius 1 is 0.762 bits per heavy atom. The van der Waals surface area contributed by atoms with Crippen LogP contribution in [0.25, 0.3) is 0 Å².